The molecule has 3 N–H and O–H groups in total. The number of amides is 1. The van der Waals surface area contributed by atoms with Crippen LogP contribution in [0.2, 0.25) is 0 Å². The molecule has 0 aromatic heterocycles. The average molecular weight is 413 g/mol. The summed E-state index contributed by atoms with van der Waals surface area (Å²) in [5, 5.41) is 5.87. The number of nitrogens with one attached hydrogen (secondary N) is 3. The van der Waals surface area contributed by atoms with Gasteiger partial charge in [0.05, 0.1) is 6.42 Å². The maximum absolute atomic E-state index is 12.8. The standard InChI is InChI=1S/C19H31N3O3S2/c1-5-7-8-16(6-2)21-17(23)13-19(18(26)20-4,22-27(24)25)15-11-9-14(3)10-12-15/h9-12,16,22H,5-8,13H2,1-4H3,(H,20,26)(H,21,23)(H,24,25)/p-1. The van der Waals surface area contributed by atoms with Crippen LogP contribution in [-0.2, 0) is 21.6 Å². The van der Waals surface area contributed by atoms with E-state index < -0.39 is 16.8 Å². The van der Waals surface area contributed by atoms with Gasteiger partial charge in [-0.05, 0) is 25.3 Å². The quantitative estimate of drug-likeness (QED) is 0.384. The summed E-state index contributed by atoms with van der Waals surface area (Å²) in [4.78, 5) is 13.0. The predicted octanol–water partition coefficient (Wildman–Crippen LogP) is 2.60. The molecule has 6 nitrogen and oxygen atoms in total. The van der Waals surface area contributed by atoms with Crippen LogP contribution in [0.5, 0.6) is 0 Å². The number of hydrogen-bond acceptors (Lipinski definition) is 4. The molecule has 27 heavy (non-hydrogen) atoms. The molecule has 1 aromatic rings. The minimum absolute atomic E-state index is 0.0640. The minimum atomic E-state index is -2.61. The van der Waals surface area contributed by atoms with Crippen LogP contribution in [0.1, 0.15) is 57.1 Å². The van der Waals surface area contributed by atoms with Crippen molar-refractivity contribution in [2.24, 2.45) is 0 Å². The molecule has 0 heterocycles. The Morgan fingerprint density at radius 3 is 2.41 bits per heavy atom. The van der Waals surface area contributed by atoms with Crippen LogP contribution in [-0.4, -0.2) is 32.7 Å². The first-order chi connectivity index (χ1) is 12.8. The maximum atomic E-state index is 12.8. The Labute approximate surface area is 170 Å². The monoisotopic (exact) mass is 412 g/mol. The molecule has 0 fully saturated rings. The van der Waals surface area contributed by atoms with Gasteiger partial charge in [-0.2, -0.15) is 0 Å². The van der Waals surface area contributed by atoms with Crippen LogP contribution in [0.3, 0.4) is 0 Å². The summed E-state index contributed by atoms with van der Waals surface area (Å²) in [6.45, 7) is 6.07. The Morgan fingerprint density at radius 2 is 1.93 bits per heavy atom. The van der Waals surface area contributed by atoms with Gasteiger partial charge in [0.1, 0.15) is 10.5 Å². The number of carbonyl (C=O) groups is 1. The van der Waals surface area contributed by atoms with Gasteiger partial charge >= 0.3 is 0 Å². The molecule has 8 heteroatoms. The Hall–Kier alpha value is -1.35. The van der Waals surface area contributed by atoms with Gasteiger partial charge in [0.15, 0.2) is 0 Å². The van der Waals surface area contributed by atoms with Gasteiger partial charge in [0, 0.05) is 24.4 Å². The molecule has 3 unspecified atom stereocenters. The summed E-state index contributed by atoms with van der Waals surface area (Å²) in [6, 6.07) is 7.38. The topological polar surface area (TPSA) is 93.3 Å². The molecular formula is C19H30N3O3S2-. The van der Waals surface area contributed by atoms with Crippen LogP contribution < -0.4 is 15.4 Å². The Bertz CT molecular complexity index is 652. The first kappa shape index (κ1) is 23.7. The van der Waals surface area contributed by atoms with Crippen molar-refractivity contribution in [1.82, 2.24) is 15.4 Å². The van der Waals surface area contributed by atoms with E-state index in [1.54, 1.807) is 19.2 Å². The van der Waals surface area contributed by atoms with E-state index in [0.717, 1.165) is 31.2 Å². The number of carbonyl (C=O) groups excluding carboxylic acids is 1. The van der Waals surface area contributed by atoms with E-state index in [1.165, 1.54) is 0 Å². The number of thiocarbonyl (C=S) groups is 1. The molecule has 1 rings (SSSR count). The van der Waals surface area contributed by atoms with E-state index in [4.69, 9.17) is 12.2 Å². The third-order valence-electron chi connectivity index (χ3n) is 4.61. The van der Waals surface area contributed by atoms with Crippen LogP contribution in [0.4, 0.5) is 0 Å². The zero-order valence-electron chi connectivity index (χ0n) is 16.5. The lowest BCUT2D eigenvalue weighted by molar-refractivity contribution is -0.122. The van der Waals surface area contributed by atoms with Crippen molar-refractivity contribution in [3.8, 4) is 0 Å². The van der Waals surface area contributed by atoms with Crippen molar-refractivity contribution in [3.05, 3.63) is 35.4 Å². The van der Waals surface area contributed by atoms with Crippen LogP contribution >= 0.6 is 12.2 Å². The largest absolute Gasteiger partial charge is 0.760 e. The van der Waals surface area contributed by atoms with Crippen molar-refractivity contribution < 1.29 is 13.6 Å². The second-order valence-corrected chi connectivity index (χ2v) is 7.76. The predicted molar refractivity (Wildman–Crippen MR) is 113 cm³/mol. The normalized spacial score (nSPS) is 15.4. The van der Waals surface area contributed by atoms with E-state index in [-0.39, 0.29) is 23.4 Å². The molecule has 0 saturated carbocycles. The number of rotatable bonds is 11. The molecule has 0 bridgehead atoms. The molecule has 3 atom stereocenters. The third-order valence-corrected chi connectivity index (χ3v) is 5.67. The summed E-state index contributed by atoms with van der Waals surface area (Å²) in [6.07, 6.45) is 3.68. The van der Waals surface area contributed by atoms with E-state index in [1.807, 2.05) is 26.0 Å². The smallest absolute Gasteiger partial charge is 0.222 e. The molecule has 0 spiro atoms. The Kier molecular flexibility index (Phi) is 10.1. The van der Waals surface area contributed by atoms with Crippen molar-refractivity contribution in [2.75, 3.05) is 7.05 Å². The fourth-order valence-electron chi connectivity index (χ4n) is 3.00. The van der Waals surface area contributed by atoms with E-state index in [0.29, 0.717) is 5.56 Å². The second kappa shape index (κ2) is 11.5. The lowest BCUT2D eigenvalue weighted by atomic mass is 9.86. The third kappa shape index (κ3) is 6.95. The molecule has 1 aromatic carbocycles. The Balaban J connectivity index is 3.19. The fraction of sp³-hybridized carbons (Fsp3) is 0.579. The summed E-state index contributed by atoms with van der Waals surface area (Å²) >= 11 is 2.82. The molecule has 1 amide bonds. The summed E-state index contributed by atoms with van der Waals surface area (Å²) in [5.41, 5.74) is 0.312. The summed E-state index contributed by atoms with van der Waals surface area (Å²) in [5.74, 6) is -0.242. The SMILES string of the molecule is CCCCC(CC)NC(=O)CC(NS(=O)[O-])(C(=S)NC)c1ccc(C)cc1. The lowest BCUT2D eigenvalue weighted by Crippen LogP contribution is -2.56. The molecule has 0 saturated heterocycles. The van der Waals surface area contributed by atoms with Gasteiger partial charge in [0.2, 0.25) is 5.91 Å². The first-order valence-electron chi connectivity index (χ1n) is 9.24. The molecule has 0 aliphatic rings. The van der Waals surface area contributed by atoms with E-state index in [9.17, 15) is 13.6 Å². The van der Waals surface area contributed by atoms with Gasteiger partial charge in [-0.15, -0.1) is 0 Å². The second-order valence-electron chi connectivity index (χ2n) is 6.68. The fourth-order valence-corrected chi connectivity index (χ4v) is 3.88. The number of likely N-dealkylation sites (N-methyl/N-ethyl adjacent to an activating group) is 1. The molecule has 0 radical (unpaired) electrons. The zero-order valence-corrected chi connectivity index (χ0v) is 18.1. The summed E-state index contributed by atoms with van der Waals surface area (Å²) < 4.78 is 25.6. The number of unbranched alkanes of at least 4 members (excludes halogenated alkanes) is 1. The van der Waals surface area contributed by atoms with Crippen molar-refractivity contribution in [1.29, 1.82) is 0 Å². The minimum Gasteiger partial charge on any atom is -0.760 e. The zero-order chi connectivity index (χ0) is 20.4. The highest BCUT2D eigenvalue weighted by Gasteiger charge is 2.39. The van der Waals surface area contributed by atoms with Crippen molar-refractivity contribution in [3.63, 3.8) is 0 Å². The number of aryl methyl sites for hydroxylation is 1. The van der Waals surface area contributed by atoms with Crippen LogP contribution in [0.15, 0.2) is 24.3 Å². The lowest BCUT2D eigenvalue weighted by Gasteiger charge is -2.36. The average Bonchev–Trinajstić information content (AvgIpc) is 2.63. The molecule has 152 valence electrons. The molecule has 0 aliphatic heterocycles. The van der Waals surface area contributed by atoms with Gasteiger partial charge < -0.3 is 15.2 Å². The van der Waals surface area contributed by atoms with E-state index in [2.05, 4.69) is 22.3 Å². The highest BCUT2D eigenvalue weighted by Crippen LogP contribution is 2.28. The highest BCUT2D eigenvalue weighted by atomic mass is 32.2. The summed E-state index contributed by atoms with van der Waals surface area (Å²) in [7, 11) is 1.62. The maximum Gasteiger partial charge on any atom is 0.222 e. The van der Waals surface area contributed by atoms with Crippen LogP contribution in [0, 0.1) is 6.92 Å². The molecular weight excluding hydrogens is 382 g/mol. The van der Waals surface area contributed by atoms with Gasteiger partial charge in [-0.3, -0.25) is 9.00 Å². The van der Waals surface area contributed by atoms with Crippen molar-refractivity contribution in [2.45, 2.75) is 64.5 Å². The Morgan fingerprint density at radius 1 is 1.30 bits per heavy atom. The highest BCUT2D eigenvalue weighted by molar-refractivity contribution is 7.80. The number of benzene rings is 1. The van der Waals surface area contributed by atoms with Crippen LogP contribution in [0.25, 0.3) is 0 Å². The van der Waals surface area contributed by atoms with Crippen molar-refractivity contribution >= 4 is 34.4 Å². The van der Waals surface area contributed by atoms with Gasteiger partial charge in [-0.1, -0.05) is 68.7 Å². The molecule has 0 aliphatic carbocycles. The first-order valence-corrected chi connectivity index (χ1v) is 10.7. The van der Waals surface area contributed by atoms with Gasteiger partial charge in [-0.25, -0.2) is 4.72 Å². The number of hydrogen-bond donors (Lipinski definition) is 3. The van der Waals surface area contributed by atoms with Gasteiger partial charge in [0.25, 0.3) is 0 Å². The van der Waals surface area contributed by atoms with E-state index >= 15 is 0 Å².